The SMILES string of the molecule is Cc1nn(C(C)c2ccc(C(C)C)cc2)c(N)c1I. The molecule has 2 aromatic rings. The van der Waals surface area contributed by atoms with E-state index in [0.29, 0.717) is 5.92 Å². The Balaban J connectivity index is 2.33. The molecule has 0 aliphatic heterocycles. The number of halogens is 1. The maximum absolute atomic E-state index is 6.11. The van der Waals surface area contributed by atoms with Crippen molar-refractivity contribution in [2.45, 2.75) is 39.7 Å². The molecule has 0 amide bonds. The van der Waals surface area contributed by atoms with Crippen molar-refractivity contribution < 1.29 is 0 Å². The Bertz CT molecular complexity index is 570. The summed E-state index contributed by atoms with van der Waals surface area (Å²) < 4.78 is 2.95. The first kappa shape index (κ1) is 14.4. The van der Waals surface area contributed by atoms with E-state index in [1.165, 1.54) is 11.1 Å². The smallest absolute Gasteiger partial charge is 0.136 e. The van der Waals surface area contributed by atoms with Crippen LogP contribution < -0.4 is 5.73 Å². The minimum Gasteiger partial charge on any atom is -0.383 e. The van der Waals surface area contributed by atoms with Crippen molar-refractivity contribution in [3.8, 4) is 0 Å². The Morgan fingerprint density at radius 3 is 2.05 bits per heavy atom. The Morgan fingerprint density at radius 1 is 1.11 bits per heavy atom. The number of nitrogen functional groups attached to an aromatic ring is 1. The van der Waals surface area contributed by atoms with Crippen LogP contribution in [0.3, 0.4) is 0 Å². The van der Waals surface area contributed by atoms with Gasteiger partial charge in [-0.2, -0.15) is 5.10 Å². The summed E-state index contributed by atoms with van der Waals surface area (Å²) in [6, 6.07) is 8.87. The molecule has 1 unspecified atom stereocenters. The van der Waals surface area contributed by atoms with Crippen LogP contribution in [0.5, 0.6) is 0 Å². The van der Waals surface area contributed by atoms with Crippen LogP contribution in [0.4, 0.5) is 5.82 Å². The number of benzene rings is 1. The van der Waals surface area contributed by atoms with Crippen molar-refractivity contribution in [1.29, 1.82) is 0 Å². The largest absolute Gasteiger partial charge is 0.383 e. The lowest BCUT2D eigenvalue weighted by molar-refractivity contribution is 0.568. The van der Waals surface area contributed by atoms with Crippen LogP contribution >= 0.6 is 22.6 Å². The van der Waals surface area contributed by atoms with Gasteiger partial charge in [0, 0.05) is 0 Å². The Labute approximate surface area is 128 Å². The summed E-state index contributed by atoms with van der Waals surface area (Å²) >= 11 is 2.25. The zero-order valence-corrected chi connectivity index (χ0v) is 14.0. The second-order valence-corrected chi connectivity index (χ2v) is 6.31. The maximum Gasteiger partial charge on any atom is 0.136 e. The van der Waals surface area contributed by atoms with E-state index >= 15 is 0 Å². The van der Waals surface area contributed by atoms with Gasteiger partial charge in [-0.3, -0.25) is 0 Å². The van der Waals surface area contributed by atoms with Gasteiger partial charge in [-0.05, 0) is 53.5 Å². The van der Waals surface area contributed by atoms with E-state index in [2.05, 4.69) is 72.7 Å². The van der Waals surface area contributed by atoms with Gasteiger partial charge in [0.2, 0.25) is 0 Å². The number of hydrogen-bond donors (Lipinski definition) is 1. The van der Waals surface area contributed by atoms with E-state index in [-0.39, 0.29) is 6.04 Å². The highest BCUT2D eigenvalue weighted by atomic mass is 127. The van der Waals surface area contributed by atoms with Gasteiger partial charge in [0.1, 0.15) is 5.82 Å². The monoisotopic (exact) mass is 369 g/mol. The molecule has 3 nitrogen and oxygen atoms in total. The summed E-state index contributed by atoms with van der Waals surface area (Å²) in [7, 11) is 0. The average molecular weight is 369 g/mol. The molecule has 0 bridgehead atoms. The Kier molecular flexibility index (Phi) is 4.18. The van der Waals surface area contributed by atoms with Crippen molar-refractivity contribution >= 4 is 28.4 Å². The van der Waals surface area contributed by atoms with Crippen LogP contribution in [0, 0.1) is 10.5 Å². The van der Waals surface area contributed by atoms with E-state index in [9.17, 15) is 0 Å². The number of rotatable bonds is 3. The molecule has 1 atom stereocenters. The molecule has 0 aliphatic carbocycles. The molecule has 0 aliphatic rings. The average Bonchev–Trinajstić information content (AvgIpc) is 2.66. The van der Waals surface area contributed by atoms with Crippen molar-refractivity contribution in [3.63, 3.8) is 0 Å². The van der Waals surface area contributed by atoms with E-state index in [1.807, 2.05) is 11.6 Å². The van der Waals surface area contributed by atoms with Gasteiger partial charge in [-0.25, -0.2) is 4.68 Å². The first-order chi connectivity index (χ1) is 8.91. The van der Waals surface area contributed by atoms with E-state index in [4.69, 9.17) is 5.73 Å². The van der Waals surface area contributed by atoms with Gasteiger partial charge in [-0.15, -0.1) is 0 Å². The third-order valence-corrected chi connectivity index (χ3v) is 4.83. The molecule has 2 rings (SSSR count). The van der Waals surface area contributed by atoms with Gasteiger partial charge in [0.05, 0.1) is 15.3 Å². The molecule has 1 aromatic heterocycles. The molecule has 4 heteroatoms. The van der Waals surface area contributed by atoms with Crippen LogP contribution in [-0.4, -0.2) is 9.78 Å². The van der Waals surface area contributed by atoms with Gasteiger partial charge < -0.3 is 5.73 Å². The van der Waals surface area contributed by atoms with Gasteiger partial charge in [0.15, 0.2) is 0 Å². The van der Waals surface area contributed by atoms with Crippen LogP contribution in [0.25, 0.3) is 0 Å². The molecule has 0 saturated heterocycles. The van der Waals surface area contributed by atoms with Gasteiger partial charge >= 0.3 is 0 Å². The third kappa shape index (κ3) is 2.78. The molecule has 2 N–H and O–H groups in total. The molecule has 0 fully saturated rings. The number of aryl methyl sites for hydroxylation is 1. The van der Waals surface area contributed by atoms with Gasteiger partial charge in [0.25, 0.3) is 0 Å². The Hall–Kier alpha value is -1.04. The van der Waals surface area contributed by atoms with Gasteiger partial charge in [-0.1, -0.05) is 38.1 Å². The lowest BCUT2D eigenvalue weighted by Gasteiger charge is -2.15. The summed E-state index contributed by atoms with van der Waals surface area (Å²) in [4.78, 5) is 0. The number of aromatic nitrogens is 2. The third-order valence-electron chi connectivity index (χ3n) is 3.50. The zero-order chi connectivity index (χ0) is 14.2. The normalized spacial score (nSPS) is 12.9. The molecular formula is C15H20IN3. The molecule has 0 radical (unpaired) electrons. The fraction of sp³-hybridized carbons (Fsp3) is 0.400. The molecule has 1 heterocycles. The summed E-state index contributed by atoms with van der Waals surface area (Å²) in [5.74, 6) is 1.31. The molecule has 0 saturated carbocycles. The second-order valence-electron chi connectivity index (χ2n) is 5.23. The van der Waals surface area contributed by atoms with Crippen molar-refractivity contribution in [3.05, 3.63) is 44.7 Å². The number of nitrogens with zero attached hydrogens (tertiary/aromatic N) is 2. The minimum atomic E-state index is 0.156. The molecular weight excluding hydrogens is 349 g/mol. The fourth-order valence-corrected chi connectivity index (χ4v) is 2.50. The second kappa shape index (κ2) is 5.53. The predicted octanol–water partition coefficient (Wildman–Crippen LogP) is 4.11. The molecule has 1 aromatic carbocycles. The predicted molar refractivity (Wildman–Crippen MR) is 88.4 cm³/mol. The quantitative estimate of drug-likeness (QED) is 0.828. The van der Waals surface area contributed by atoms with Crippen LogP contribution in [-0.2, 0) is 0 Å². The van der Waals surface area contributed by atoms with E-state index in [1.54, 1.807) is 0 Å². The molecule has 19 heavy (non-hydrogen) atoms. The van der Waals surface area contributed by atoms with E-state index in [0.717, 1.165) is 15.1 Å². The lowest BCUT2D eigenvalue weighted by Crippen LogP contribution is -2.12. The summed E-state index contributed by atoms with van der Waals surface area (Å²) in [6.45, 7) is 8.53. The summed E-state index contributed by atoms with van der Waals surface area (Å²) in [5.41, 5.74) is 9.69. The minimum absolute atomic E-state index is 0.156. The summed E-state index contributed by atoms with van der Waals surface area (Å²) in [5, 5.41) is 4.53. The van der Waals surface area contributed by atoms with Crippen molar-refractivity contribution in [2.24, 2.45) is 0 Å². The first-order valence-electron chi connectivity index (χ1n) is 6.51. The maximum atomic E-state index is 6.11. The zero-order valence-electron chi connectivity index (χ0n) is 11.8. The van der Waals surface area contributed by atoms with Crippen LogP contribution in [0.15, 0.2) is 24.3 Å². The van der Waals surface area contributed by atoms with E-state index < -0.39 is 0 Å². The molecule has 102 valence electrons. The van der Waals surface area contributed by atoms with Crippen LogP contribution in [0.2, 0.25) is 0 Å². The number of nitrogens with two attached hydrogens (primary N) is 1. The van der Waals surface area contributed by atoms with Crippen molar-refractivity contribution in [2.75, 3.05) is 5.73 Å². The highest BCUT2D eigenvalue weighted by molar-refractivity contribution is 14.1. The highest BCUT2D eigenvalue weighted by Crippen LogP contribution is 2.26. The standard InChI is InChI=1S/C15H20IN3/c1-9(2)12-5-7-13(8-6-12)11(4)19-15(17)14(16)10(3)18-19/h5-9,11H,17H2,1-4H3. The highest BCUT2D eigenvalue weighted by Gasteiger charge is 2.16. The Morgan fingerprint density at radius 2 is 1.63 bits per heavy atom. The topological polar surface area (TPSA) is 43.8 Å². The lowest BCUT2D eigenvalue weighted by atomic mass is 10.00. The summed E-state index contributed by atoms with van der Waals surface area (Å²) in [6.07, 6.45) is 0. The van der Waals surface area contributed by atoms with Crippen molar-refractivity contribution in [1.82, 2.24) is 9.78 Å². The first-order valence-corrected chi connectivity index (χ1v) is 7.59. The number of anilines is 1. The van der Waals surface area contributed by atoms with Crippen LogP contribution in [0.1, 0.15) is 49.6 Å². The number of hydrogen-bond acceptors (Lipinski definition) is 2. The molecule has 0 spiro atoms. The fourth-order valence-electron chi connectivity index (χ4n) is 2.14.